The molecule has 1 atom stereocenters. The number of aliphatic hydroxyl groups excluding tert-OH is 1. The second-order valence-electron chi connectivity index (χ2n) is 5.45. The molecule has 2 rings (SSSR count). The van der Waals surface area contributed by atoms with Crippen molar-refractivity contribution >= 4 is 17.3 Å². The fraction of sp³-hybridized carbons (Fsp3) is 0.571. The molecule has 1 aliphatic heterocycles. The van der Waals surface area contributed by atoms with Gasteiger partial charge in [-0.1, -0.05) is 17.7 Å². The molecule has 3 heteroatoms. The van der Waals surface area contributed by atoms with E-state index in [1.165, 1.54) is 12.8 Å². The van der Waals surface area contributed by atoms with Gasteiger partial charge in [0.2, 0.25) is 0 Å². The van der Waals surface area contributed by atoms with E-state index in [9.17, 15) is 5.11 Å². The Hall–Kier alpha value is -0.730. The Kier molecular flexibility index (Phi) is 3.37. The quantitative estimate of drug-likeness (QED) is 0.867. The summed E-state index contributed by atoms with van der Waals surface area (Å²) in [5, 5.41) is 10.3. The highest BCUT2D eigenvalue weighted by Crippen LogP contribution is 2.38. The van der Waals surface area contributed by atoms with Crippen LogP contribution in [0.15, 0.2) is 18.2 Å². The SMILES string of the molecule is C[C@@H](O)c1ccc(N2CCCC2(C)C)c(Cl)c1. The number of rotatable bonds is 2. The minimum absolute atomic E-state index is 0.177. The Morgan fingerprint density at radius 2 is 2.12 bits per heavy atom. The van der Waals surface area contributed by atoms with Gasteiger partial charge in [-0.15, -0.1) is 0 Å². The molecule has 0 spiro atoms. The summed E-state index contributed by atoms with van der Waals surface area (Å²) in [4.78, 5) is 2.36. The van der Waals surface area contributed by atoms with Crippen molar-refractivity contribution in [2.75, 3.05) is 11.4 Å². The first-order valence-corrected chi connectivity index (χ1v) is 6.55. The number of hydrogen-bond donors (Lipinski definition) is 1. The number of anilines is 1. The van der Waals surface area contributed by atoms with E-state index in [1.807, 2.05) is 18.2 Å². The molecule has 0 unspecified atom stereocenters. The zero-order valence-electron chi connectivity index (χ0n) is 10.7. The summed E-state index contributed by atoms with van der Waals surface area (Å²) in [7, 11) is 0. The molecule has 0 aliphatic carbocycles. The molecule has 1 N–H and O–H groups in total. The van der Waals surface area contributed by atoms with Crippen LogP contribution >= 0.6 is 11.6 Å². The van der Waals surface area contributed by atoms with Crippen LogP contribution in [0.4, 0.5) is 5.69 Å². The third-order valence-corrected chi connectivity index (χ3v) is 3.95. The largest absolute Gasteiger partial charge is 0.389 e. The maximum atomic E-state index is 9.53. The minimum atomic E-state index is -0.465. The average Bonchev–Trinajstić information content (AvgIpc) is 2.58. The maximum absolute atomic E-state index is 9.53. The first kappa shape index (κ1) is 12.7. The van der Waals surface area contributed by atoms with Crippen molar-refractivity contribution in [3.63, 3.8) is 0 Å². The van der Waals surface area contributed by atoms with Gasteiger partial charge < -0.3 is 10.0 Å². The molecular formula is C14H20ClNO. The summed E-state index contributed by atoms with van der Waals surface area (Å²) < 4.78 is 0. The van der Waals surface area contributed by atoms with Gasteiger partial charge in [0, 0.05) is 12.1 Å². The van der Waals surface area contributed by atoms with Crippen LogP contribution in [0.1, 0.15) is 45.3 Å². The van der Waals surface area contributed by atoms with Gasteiger partial charge in [-0.25, -0.2) is 0 Å². The Morgan fingerprint density at radius 3 is 2.59 bits per heavy atom. The predicted octanol–water partition coefficient (Wildman–Crippen LogP) is 3.77. The van der Waals surface area contributed by atoms with Crippen molar-refractivity contribution in [2.45, 2.75) is 45.3 Å². The molecule has 2 nitrogen and oxygen atoms in total. The van der Waals surface area contributed by atoms with E-state index in [1.54, 1.807) is 6.92 Å². The number of benzene rings is 1. The molecule has 0 bridgehead atoms. The van der Waals surface area contributed by atoms with Crippen LogP contribution in [-0.4, -0.2) is 17.2 Å². The molecule has 0 saturated carbocycles. The Bertz CT molecular complexity index is 415. The molecule has 0 aromatic heterocycles. The zero-order chi connectivity index (χ0) is 12.6. The molecule has 94 valence electrons. The van der Waals surface area contributed by atoms with Crippen LogP contribution in [0.2, 0.25) is 5.02 Å². The Labute approximate surface area is 108 Å². The first-order valence-electron chi connectivity index (χ1n) is 6.17. The molecule has 0 amide bonds. The van der Waals surface area contributed by atoms with E-state index in [-0.39, 0.29) is 5.54 Å². The molecule has 1 heterocycles. The van der Waals surface area contributed by atoms with E-state index in [2.05, 4.69) is 18.7 Å². The van der Waals surface area contributed by atoms with E-state index in [4.69, 9.17) is 11.6 Å². The molecule has 1 saturated heterocycles. The summed E-state index contributed by atoms with van der Waals surface area (Å²) in [6.45, 7) is 7.31. The predicted molar refractivity (Wildman–Crippen MR) is 72.7 cm³/mol. The molecule has 0 radical (unpaired) electrons. The fourth-order valence-electron chi connectivity index (χ4n) is 2.56. The van der Waals surface area contributed by atoms with Crippen LogP contribution in [0, 0.1) is 0 Å². The number of hydrogen-bond acceptors (Lipinski definition) is 2. The molecule has 1 aliphatic rings. The van der Waals surface area contributed by atoms with Crippen LogP contribution in [0.3, 0.4) is 0 Å². The average molecular weight is 254 g/mol. The molecule has 1 aromatic carbocycles. The lowest BCUT2D eigenvalue weighted by atomic mass is 10.0. The van der Waals surface area contributed by atoms with Crippen molar-refractivity contribution in [2.24, 2.45) is 0 Å². The summed E-state index contributed by atoms with van der Waals surface area (Å²) >= 11 is 6.33. The Morgan fingerprint density at radius 1 is 1.41 bits per heavy atom. The third-order valence-electron chi connectivity index (χ3n) is 3.65. The van der Waals surface area contributed by atoms with E-state index in [0.29, 0.717) is 0 Å². The number of halogens is 1. The van der Waals surface area contributed by atoms with Crippen LogP contribution < -0.4 is 4.90 Å². The summed E-state index contributed by atoms with van der Waals surface area (Å²) in [5.74, 6) is 0. The molecular weight excluding hydrogens is 234 g/mol. The van der Waals surface area contributed by atoms with Crippen LogP contribution in [0.5, 0.6) is 0 Å². The first-order chi connectivity index (χ1) is 7.92. The normalized spacial score (nSPS) is 20.6. The second-order valence-corrected chi connectivity index (χ2v) is 5.86. The summed E-state index contributed by atoms with van der Waals surface area (Å²) in [6.07, 6.45) is 1.94. The van der Waals surface area contributed by atoms with Crippen LogP contribution in [0.25, 0.3) is 0 Å². The standard InChI is InChI=1S/C14H20ClNO/c1-10(17)11-5-6-13(12(15)9-11)16-8-4-7-14(16,2)3/h5-6,9-10,17H,4,7-8H2,1-3H3/t10-/m1/s1. The van der Waals surface area contributed by atoms with Gasteiger partial charge in [0.05, 0.1) is 16.8 Å². The van der Waals surface area contributed by atoms with Gasteiger partial charge in [0.1, 0.15) is 0 Å². The maximum Gasteiger partial charge on any atom is 0.0762 e. The van der Waals surface area contributed by atoms with Crippen molar-refractivity contribution in [3.8, 4) is 0 Å². The van der Waals surface area contributed by atoms with Gasteiger partial charge in [0.25, 0.3) is 0 Å². The van der Waals surface area contributed by atoms with Crippen molar-refractivity contribution in [1.29, 1.82) is 0 Å². The van der Waals surface area contributed by atoms with E-state index >= 15 is 0 Å². The Balaban J connectivity index is 2.34. The minimum Gasteiger partial charge on any atom is -0.389 e. The van der Waals surface area contributed by atoms with Gasteiger partial charge in [-0.2, -0.15) is 0 Å². The molecule has 17 heavy (non-hydrogen) atoms. The second kappa shape index (κ2) is 4.51. The third kappa shape index (κ3) is 2.43. The smallest absolute Gasteiger partial charge is 0.0762 e. The van der Waals surface area contributed by atoms with Gasteiger partial charge >= 0.3 is 0 Å². The van der Waals surface area contributed by atoms with Crippen molar-refractivity contribution in [3.05, 3.63) is 28.8 Å². The highest BCUT2D eigenvalue weighted by molar-refractivity contribution is 6.33. The van der Waals surface area contributed by atoms with Gasteiger partial charge in [0.15, 0.2) is 0 Å². The van der Waals surface area contributed by atoms with E-state index in [0.717, 1.165) is 22.8 Å². The molecule has 1 aromatic rings. The lowest BCUT2D eigenvalue weighted by molar-refractivity contribution is 0.199. The lowest BCUT2D eigenvalue weighted by Gasteiger charge is -2.34. The van der Waals surface area contributed by atoms with Gasteiger partial charge in [-0.05, 0) is 51.3 Å². The van der Waals surface area contributed by atoms with Gasteiger partial charge in [-0.3, -0.25) is 0 Å². The van der Waals surface area contributed by atoms with Crippen LogP contribution in [-0.2, 0) is 0 Å². The topological polar surface area (TPSA) is 23.5 Å². The highest BCUT2D eigenvalue weighted by Gasteiger charge is 2.32. The lowest BCUT2D eigenvalue weighted by Crippen LogP contribution is -2.38. The zero-order valence-corrected chi connectivity index (χ0v) is 11.5. The molecule has 1 fully saturated rings. The monoisotopic (exact) mass is 253 g/mol. The van der Waals surface area contributed by atoms with Crippen molar-refractivity contribution in [1.82, 2.24) is 0 Å². The highest BCUT2D eigenvalue weighted by atomic mass is 35.5. The fourth-order valence-corrected chi connectivity index (χ4v) is 2.85. The number of nitrogens with zero attached hydrogens (tertiary/aromatic N) is 1. The summed E-state index contributed by atoms with van der Waals surface area (Å²) in [5.41, 5.74) is 2.13. The van der Waals surface area contributed by atoms with Crippen molar-refractivity contribution < 1.29 is 5.11 Å². The summed E-state index contributed by atoms with van der Waals surface area (Å²) in [6, 6.07) is 5.85. The number of aliphatic hydroxyl groups is 1. The van der Waals surface area contributed by atoms with E-state index < -0.39 is 6.10 Å².